The van der Waals surface area contributed by atoms with Gasteiger partial charge in [-0.2, -0.15) is 5.10 Å². The highest BCUT2D eigenvalue weighted by Gasteiger charge is 2.15. The Morgan fingerprint density at radius 2 is 2.45 bits per heavy atom. The standard InChI is InChI=1S/C13H20N4O3/c1-9(8-20-2)15-12(18)7-17-13(19)5-10-6-14-4-3-11(10)16-17/h5,9,14H,3-4,6-8H2,1-2H3,(H,15,18). The van der Waals surface area contributed by atoms with Gasteiger partial charge in [-0.3, -0.25) is 9.59 Å². The Hall–Kier alpha value is -1.73. The summed E-state index contributed by atoms with van der Waals surface area (Å²) in [5, 5.41) is 10.2. The molecule has 0 aromatic carbocycles. The molecule has 0 saturated heterocycles. The molecule has 1 atom stereocenters. The maximum atomic E-state index is 11.9. The van der Waals surface area contributed by atoms with Crippen LogP contribution in [0.2, 0.25) is 0 Å². The highest BCUT2D eigenvalue weighted by atomic mass is 16.5. The number of ether oxygens (including phenoxy) is 1. The van der Waals surface area contributed by atoms with Crippen LogP contribution in [-0.4, -0.2) is 42.0 Å². The van der Waals surface area contributed by atoms with Crippen molar-refractivity contribution in [2.45, 2.75) is 32.5 Å². The quantitative estimate of drug-likeness (QED) is 0.725. The average molecular weight is 280 g/mol. The summed E-state index contributed by atoms with van der Waals surface area (Å²) in [6.07, 6.45) is 0.775. The first-order valence-corrected chi connectivity index (χ1v) is 6.69. The van der Waals surface area contributed by atoms with Crippen LogP contribution in [0.5, 0.6) is 0 Å². The number of fused-ring (bicyclic) bond motifs is 1. The van der Waals surface area contributed by atoms with Gasteiger partial charge in [-0.15, -0.1) is 0 Å². The number of aromatic nitrogens is 2. The van der Waals surface area contributed by atoms with E-state index in [1.807, 2.05) is 6.92 Å². The lowest BCUT2D eigenvalue weighted by Gasteiger charge is -2.17. The lowest BCUT2D eigenvalue weighted by molar-refractivity contribution is -0.122. The zero-order chi connectivity index (χ0) is 14.5. The van der Waals surface area contributed by atoms with Crippen molar-refractivity contribution in [2.75, 3.05) is 20.3 Å². The maximum absolute atomic E-state index is 11.9. The molecule has 0 spiro atoms. The number of methoxy groups -OCH3 is 1. The smallest absolute Gasteiger partial charge is 0.267 e. The van der Waals surface area contributed by atoms with E-state index in [1.165, 1.54) is 4.68 Å². The number of amides is 1. The van der Waals surface area contributed by atoms with Gasteiger partial charge in [0.2, 0.25) is 5.91 Å². The molecule has 1 aromatic rings. The lowest BCUT2D eigenvalue weighted by atomic mass is 10.1. The Balaban J connectivity index is 2.06. The fourth-order valence-electron chi connectivity index (χ4n) is 2.22. The van der Waals surface area contributed by atoms with Crippen LogP contribution in [0.25, 0.3) is 0 Å². The van der Waals surface area contributed by atoms with Gasteiger partial charge in [-0.25, -0.2) is 4.68 Å². The number of rotatable bonds is 5. The molecule has 0 radical (unpaired) electrons. The predicted molar refractivity (Wildman–Crippen MR) is 73.4 cm³/mol. The van der Waals surface area contributed by atoms with Gasteiger partial charge in [-0.1, -0.05) is 0 Å². The molecule has 1 aliphatic rings. The molecule has 1 unspecified atom stereocenters. The summed E-state index contributed by atoms with van der Waals surface area (Å²) < 4.78 is 6.17. The van der Waals surface area contributed by atoms with Crippen LogP contribution < -0.4 is 16.2 Å². The molecule has 1 aliphatic heterocycles. The van der Waals surface area contributed by atoms with Gasteiger partial charge < -0.3 is 15.4 Å². The molecular weight excluding hydrogens is 260 g/mol. The summed E-state index contributed by atoms with van der Waals surface area (Å²) >= 11 is 0. The number of carbonyl (C=O) groups is 1. The summed E-state index contributed by atoms with van der Waals surface area (Å²) in [7, 11) is 1.58. The van der Waals surface area contributed by atoms with Crippen molar-refractivity contribution in [1.82, 2.24) is 20.4 Å². The minimum Gasteiger partial charge on any atom is -0.383 e. The summed E-state index contributed by atoms with van der Waals surface area (Å²) in [4.78, 5) is 23.7. The molecular formula is C13H20N4O3. The van der Waals surface area contributed by atoms with Crippen molar-refractivity contribution in [1.29, 1.82) is 0 Å². The third-order valence-corrected chi connectivity index (χ3v) is 3.14. The first-order valence-electron chi connectivity index (χ1n) is 6.69. The van der Waals surface area contributed by atoms with Crippen molar-refractivity contribution in [3.05, 3.63) is 27.7 Å². The number of hydrogen-bond acceptors (Lipinski definition) is 5. The van der Waals surface area contributed by atoms with Crippen molar-refractivity contribution >= 4 is 5.91 Å². The third kappa shape index (κ3) is 3.64. The Morgan fingerprint density at radius 1 is 1.65 bits per heavy atom. The Labute approximate surface area is 117 Å². The van der Waals surface area contributed by atoms with E-state index in [-0.39, 0.29) is 24.1 Å². The summed E-state index contributed by atoms with van der Waals surface area (Å²) in [5.41, 5.74) is 1.56. The Morgan fingerprint density at radius 3 is 3.20 bits per heavy atom. The molecule has 1 aromatic heterocycles. The fourth-order valence-corrected chi connectivity index (χ4v) is 2.22. The normalized spacial score (nSPS) is 15.5. The topological polar surface area (TPSA) is 85.2 Å². The van der Waals surface area contributed by atoms with Crippen LogP contribution in [0.4, 0.5) is 0 Å². The van der Waals surface area contributed by atoms with E-state index in [4.69, 9.17) is 4.74 Å². The van der Waals surface area contributed by atoms with Crippen LogP contribution in [-0.2, 0) is 29.0 Å². The first kappa shape index (κ1) is 14.7. The van der Waals surface area contributed by atoms with Crippen LogP contribution in [0, 0.1) is 0 Å². The molecule has 2 rings (SSSR count). The zero-order valence-corrected chi connectivity index (χ0v) is 11.8. The average Bonchev–Trinajstić information content (AvgIpc) is 2.39. The second kappa shape index (κ2) is 6.62. The molecule has 2 N–H and O–H groups in total. The van der Waals surface area contributed by atoms with Gasteiger partial charge in [-0.05, 0) is 12.5 Å². The van der Waals surface area contributed by atoms with Gasteiger partial charge in [0, 0.05) is 38.7 Å². The van der Waals surface area contributed by atoms with Gasteiger partial charge in [0.1, 0.15) is 6.54 Å². The van der Waals surface area contributed by atoms with Crippen LogP contribution in [0.3, 0.4) is 0 Å². The van der Waals surface area contributed by atoms with Crippen LogP contribution >= 0.6 is 0 Å². The second-order valence-electron chi connectivity index (χ2n) is 4.96. The Kier molecular flexibility index (Phi) is 4.86. The molecule has 110 valence electrons. The monoisotopic (exact) mass is 280 g/mol. The molecule has 7 heteroatoms. The van der Waals surface area contributed by atoms with E-state index in [9.17, 15) is 9.59 Å². The highest BCUT2D eigenvalue weighted by Crippen LogP contribution is 2.07. The van der Waals surface area contributed by atoms with E-state index in [1.54, 1.807) is 13.2 Å². The summed E-state index contributed by atoms with van der Waals surface area (Å²) in [5.74, 6) is -0.238. The van der Waals surface area contributed by atoms with Gasteiger partial charge in [0.25, 0.3) is 5.56 Å². The highest BCUT2D eigenvalue weighted by molar-refractivity contribution is 5.75. The van der Waals surface area contributed by atoms with E-state index in [0.717, 1.165) is 24.2 Å². The molecule has 0 aliphatic carbocycles. The van der Waals surface area contributed by atoms with Gasteiger partial charge >= 0.3 is 0 Å². The molecule has 1 amide bonds. The number of hydrogen-bond donors (Lipinski definition) is 2. The van der Waals surface area contributed by atoms with Crippen LogP contribution in [0.15, 0.2) is 10.9 Å². The zero-order valence-electron chi connectivity index (χ0n) is 11.8. The van der Waals surface area contributed by atoms with Crippen molar-refractivity contribution in [3.8, 4) is 0 Å². The lowest BCUT2D eigenvalue weighted by Crippen LogP contribution is -2.41. The molecule has 0 saturated carbocycles. The molecule has 2 heterocycles. The second-order valence-corrected chi connectivity index (χ2v) is 4.96. The SMILES string of the molecule is COCC(C)NC(=O)Cn1nc2c(cc1=O)CNCC2. The summed E-state index contributed by atoms with van der Waals surface area (Å²) in [6, 6.07) is 1.46. The first-order chi connectivity index (χ1) is 9.60. The Bertz CT molecular complexity index is 541. The van der Waals surface area contributed by atoms with E-state index >= 15 is 0 Å². The fraction of sp³-hybridized carbons (Fsp3) is 0.615. The van der Waals surface area contributed by atoms with Crippen molar-refractivity contribution in [2.24, 2.45) is 0 Å². The van der Waals surface area contributed by atoms with Crippen LogP contribution in [0.1, 0.15) is 18.2 Å². The van der Waals surface area contributed by atoms with E-state index in [0.29, 0.717) is 13.2 Å². The van der Waals surface area contributed by atoms with Gasteiger partial charge in [0.05, 0.1) is 12.3 Å². The van der Waals surface area contributed by atoms with Gasteiger partial charge in [0.15, 0.2) is 0 Å². The number of carbonyl (C=O) groups excluding carboxylic acids is 1. The maximum Gasteiger partial charge on any atom is 0.267 e. The molecule has 7 nitrogen and oxygen atoms in total. The third-order valence-electron chi connectivity index (χ3n) is 3.14. The molecule has 0 fully saturated rings. The minimum atomic E-state index is -0.248. The van der Waals surface area contributed by atoms with Crippen molar-refractivity contribution < 1.29 is 9.53 Å². The predicted octanol–water partition coefficient (Wildman–Crippen LogP) is -0.960. The minimum absolute atomic E-state index is 0.0619. The van der Waals surface area contributed by atoms with E-state index < -0.39 is 0 Å². The molecule has 20 heavy (non-hydrogen) atoms. The number of nitrogens with one attached hydrogen (secondary N) is 2. The largest absolute Gasteiger partial charge is 0.383 e. The number of nitrogens with zero attached hydrogens (tertiary/aromatic N) is 2. The van der Waals surface area contributed by atoms with Crippen molar-refractivity contribution in [3.63, 3.8) is 0 Å². The summed E-state index contributed by atoms with van der Waals surface area (Å²) in [6.45, 7) is 3.72. The van der Waals surface area contributed by atoms with E-state index in [2.05, 4.69) is 15.7 Å². The molecule has 0 bridgehead atoms.